The van der Waals surface area contributed by atoms with Gasteiger partial charge in [0.2, 0.25) is 5.91 Å². The van der Waals surface area contributed by atoms with E-state index in [1.807, 2.05) is 17.0 Å². The zero-order valence-electron chi connectivity index (χ0n) is 13.5. The van der Waals surface area contributed by atoms with E-state index >= 15 is 0 Å². The summed E-state index contributed by atoms with van der Waals surface area (Å²) in [5, 5.41) is 3.22. The van der Waals surface area contributed by atoms with Gasteiger partial charge in [-0.1, -0.05) is 6.07 Å². The van der Waals surface area contributed by atoms with Crippen molar-refractivity contribution in [2.24, 2.45) is 0 Å². The van der Waals surface area contributed by atoms with Gasteiger partial charge in [-0.15, -0.1) is 12.4 Å². The summed E-state index contributed by atoms with van der Waals surface area (Å²) >= 11 is 0. The fraction of sp³-hybridized carbons (Fsp3) is 0.529. The van der Waals surface area contributed by atoms with Crippen LogP contribution in [0.5, 0.6) is 0 Å². The predicted octanol–water partition coefficient (Wildman–Crippen LogP) is 1.10. The van der Waals surface area contributed by atoms with Crippen LogP contribution in [0.15, 0.2) is 18.2 Å². The van der Waals surface area contributed by atoms with Crippen molar-refractivity contribution in [1.82, 2.24) is 15.1 Å². The van der Waals surface area contributed by atoms with Crippen molar-refractivity contribution < 1.29 is 9.59 Å². The van der Waals surface area contributed by atoms with E-state index in [0.717, 1.165) is 39.0 Å². The first-order valence-corrected chi connectivity index (χ1v) is 8.01. The molecule has 0 spiro atoms. The minimum absolute atomic E-state index is 0. The first-order chi connectivity index (χ1) is 10.6. The first-order valence-electron chi connectivity index (χ1n) is 8.01. The van der Waals surface area contributed by atoms with E-state index in [2.05, 4.69) is 11.4 Å². The molecule has 1 N–H and O–H groups in total. The summed E-state index contributed by atoms with van der Waals surface area (Å²) < 4.78 is 0. The fourth-order valence-electron chi connectivity index (χ4n) is 3.21. The largest absolute Gasteiger partial charge is 0.339 e. The normalized spacial score (nSPS) is 16.5. The molecule has 0 saturated carbocycles. The van der Waals surface area contributed by atoms with Crippen LogP contribution in [-0.2, 0) is 17.6 Å². The summed E-state index contributed by atoms with van der Waals surface area (Å²) in [6.45, 7) is 3.25. The molecule has 23 heavy (non-hydrogen) atoms. The number of carbonyl (C=O) groups is 2. The third-order valence-corrected chi connectivity index (χ3v) is 4.53. The average Bonchev–Trinajstić information content (AvgIpc) is 3.02. The van der Waals surface area contributed by atoms with Gasteiger partial charge in [-0.2, -0.15) is 0 Å². The summed E-state index contributed by atoms with van der Waals surface area (Å²) in [5.41, 5.74) is 3.33. The summed E-state index contributed by atoms with van der Waals surface area (Å²) in [4.78, 5) is 28.1. The molecule has 1 aromatic rings. The maximum absolute atomic E-state index is 12.5. The number of likely N-dealkylation sites (N-methyl/N-ethyl adjacent to an activating group) is 1. The topological polar surface area (TPSA) is 52.7 Å². The van der Waals surface area contributed by atoms with E-state index in [1.54, 1.807) is 7.05 Å². The number of aryl methyl sites for hydroxylation is 2. The van der Waals surface area contributed by atoms with Crippen LogP contribution in [0.25, 0.3) is 0 Å². The molecule has 5 nitrogen and oxygen atoms in total. The molecule has 2 amide bonds. The van der Waals surface area contributed by atoms with Crippen molar-refractivity contribution >= 4 is 24.2 Å². The van der Waals surface area contributed by atoms with Gasteiger partial charge in [-0.3, -0.25) is 9.59 Å². The highest BCUT2D eigenvalue weighted by molar-refractivity contribution is 5.96. The highest BCUT2D eigenvalue weighted by Crippen LogP contribution is 2.23. The lowest BCUT2D eigenvalue weighted by molar-refractivity contribution is -0.132. The molecular formula is C17H24ClN3O2. The lowest BCUT2D eigenvalue weighted by Gasteiger charge is -2.29. The molecule has 1 saturated heterocycles. The van der Waals surface area contributed by atoms with E-state index in [9.17, 15) is 9.59 Å². The molecule has 3 rings (SSSR count). The van der Waals surface area contributed by atoms with Gasteiger partial charge in [0.15, 0.2) is 0 Å². The van der Waals surface area contributed by atoms with Crippen LogP contribution in [0, 0.1) is 0 Å². The molecule has 0 unspecified atom stereocenters. The van der Waals surface area contributed by atoms with Gasteiger partial charge in [0.25, 0.3) is 5.91 Å². The van der Waals surface area contributed by atoms with E-state index in [4.69, 9.17) is 0 Å². The molecule has 1 heterocycles. The zero-order valence-corrected chi connectivity index (χ0v) is 14.3. The van der Waals surface area contributed by atoms with Gasteiger partial charge >= 0.3 is 0 Å². The number of piperazine rings is 1. The van der Waals surface area contributed by atoms with Crippen LogP contribution in [0.1, 0.15) is 27.9 Å². The number of hydrogen-bond donors (Lipinski definition) is 1. The van der Waals surface area contributed by atoms with Crippen molar-refractivity contribution in [1.29, 1.82) is 0 Å². The van der Waals surface area contributed by atoms with Crippen LogP contribution in [0.3, 0.4) is 0 Å². The molecule has 0 aromatic heterocycles. The minimum atomic E-state index is -0.0711. The van der Waals surface area contributed by atoms with Crippen molar-refractivity contribution in [3.8, 4) is 0 Å². The molecule has 1 aliphatic carbocycles. The van der Waals surface area contributed by atoms with Crippen LogP contribution >= 0.6 is 12.4 Å². The van der Waals surface area contributed by atoms with Crippen molar-refractivity contribution in [2.45, 2.75) is 19.3 Å². The monoisotopic (exact) mass is 337 g/mol. The van der Waals surface area contributed by atoms with Crippen molar-refractivity contribution in [3.05, 3.63) is 34.9 Å². The lowest BCUT2D eigenvalue weighted by Crippen LogP contribution is -2.49. The molecule has 0 bridgehead atoms. The molecule has 1 aliphatic heterocycles. The Kier molecular flexibility index (Phi) is 6.02. The second kappa shape index (κ2) is 7.79. The number of amides is 2. The Labute approximate surface area is 143 Å². The maximum Gasteiger partial charge on any atom is 0.254 e. The predicted molar refractivity (Wildman–Crippen MR) is 92.1 cm³/mol. The molecular weight excluding hydrogens is 314 g/mol. The molecule has 6 heteroatoms. The molecule has 1 fully saturated rings. The summed E-state index contributed by atoms with van der Waals surface area (Å²) in [6.07, 6.45) is 3.34. The fourth-order valence-corrected chi connectivity index (χ4v) is 3.21. The number of nitrogens with zero attached hydrogens (tertiary/aromatic N) is 2. The smallest absolute Gasteiger partial charge is 0.254 e. The molecule has 126 valence electrons. The zero-order chi connectivity index (χ0) is 15.5. The Morgan fingerprint density at radius 1 is 1.17 bits per heavy atom. The van der Waals surface area contributed by atoms with Crippen LogP contribution < -0.4 is 5.32 Å². The first kappa shape index (κ1) is 17.8. The number of fused-ring (bicyclic) bond motifs is 1. The van der Waals surface area contributed by atoms with Crippen molar-refractivity contribution in [3.63, 3.8) is 0 Å². The maximum atomic E-state index is 12.5. The summed E-state index contributed by atoms with van der Waals surface area (Å²) in [5.74, 6) is -0.0447. The highest BCUT2D eigenvalue weighted by Gasteiger charge is 2.21. The Balaban J connectivity index is 0.00000192. The molecule has 1 aromatic carbocycles. The standard InChI is InChI=1S/C17H23N3O2.ClH/c1-19(12-16(21)20-9-7-18-8-10-20)17(22)15-6-5-13-3-2-4-14(13)11-15;/h5-6,11,18H,2-4,7-10,12H2,1H3;1H. The third kappa shape index (κ3) is 4.03. The van der Waals surface area contributed by atoms with E-state index in [0.29, 0.717) is 5.56 Å². The van der Waals surface area contributed by atoms with Crippen LogP contribution in [0.2, 0.25) is 0 Å². The van der Waals surface area contributed by atoms with Crippen LogP contribution in [-0.4, -0.2) is 61.4 Å². The number of rotatable bonds is 3. The molecule has 0 radical (unpaired) electrons. The molecule has 0 atom stereocenters. The Bertz CT molecular complexity index is 585. The Hall–Kier alpha value is -1.59. The van der Waals surface area contributed by atoms with Crippen LogP contribution in [0.4, 0.5) is 0 Å². The molecule has 2 aliphatic rings. The Morgan fingerprint density at radius 3 is 2.61 bits per heavy atom. The SMILES string of the molecule is CN(CC(=O)N1CCNCC1)C(=O)c1ccc2c(c1)CCC2.Cl. The Morgan fingerprint density at radius 2 is 1.87 bits per heavy atom. The van der Waals surface area contributed by atoms with E-state index in [1.165, 1.54) is 22.4 Å². The number of hydrogen-bond acceptors (Lipinski definition) is 3. The second-order valence-corrected chi connectivity index (χ2v) is 6.13. The highest BCUT2D eigenvalue weighted by atomic mass is 35.5. The van der Waals surface area contributed by atoms with Crippen molar-refractivity contribution in [2.75, 3.05) is 39.8 Å². The van der Waals surface area contributed by atoms with Gasteiger partial charge in [0, 0.05) is 38.8 Å². The summed E-state index contributed by atoms with van der Waals surface area (Å²) in [7, 11) is 1.70. The van der Waals surface area contributed by atoms with Gasteiger partial charge < -0.3 is 15.1 Å². The lowest BCUT2D eigenvalue weighted by atomic mass is 10.1. The minimum Gasteiger partial charge on any atom is -0.339 e. The average molecular weight is 338 g/mol. The summed E-state index contributed by atoms with van der Waals surface area (Å²) in [6, 6.07) is 5.94. The number of carbonyl (C=O) groups excluding carboxylic acids is 2. The van der Waals surface area contributed by atoms with E-state index in [-0.39, 0.29) is 30.8 Å². The quantitative estimate of drug-likeness (QED) is 0.898. The van der Waals surface area contributed by atoms with Gasteiger partial charge in [0.05, 0.1) is 6.54 Å². The number of halogens is 1. The second-order valence-electron chi connectivity index (χ2n) is 6.13. The van der Waals surface area contributed by atoms with Gasteiger partial charge in [0.1, 0.15) is 0 Å². The van der Waals surface area contributed by atoms with Gasteiger partial charge in [-0.05, 0) is 42.5 Å². The van der Waals surface area contributed by atoms with E-state index < -0.39 is 0 Å². The third-order valence-electron chi connectivity index (χ3n) is 4.53. The number of benzene rings is 1. The number of nitrogens with one attached hydrogen (secondary N) is 1. The van der Waals surface area contributed by atoms with Gasteiger partial charge in [-0.25, -0.2) is 0 Å².